The molecule has 0 atom stereocenters. The number of carbonyl (C=O) groups is 1. The predicted molar refractivity (Wildman–Crippen MR) is 131 cm³/mol. The first-order valence-electron chi connectivity index (χ1n) is 9.01. The number of hydrogen-bond acceptors (Lipinski definition) is 3. The van der Waals surface area contributed by atoms with Crippen LogP contribution in [0.3, 0.4) is 0 Å². The third-order valence-corrected chi connectivity index (χ3v) is 5.55. The highest BCUT2D eigenvalue weighted by molar-refractivity contribution is 6.37. The summed E-state index contributed by atoms with van der Waals surface area (Å²) in [6.45, 7) is 0.234. The molecule has 0 saturated carbocycles. The minimum Gasteiger partial charge on any atom is -0.486 e. The molecule has 0 saturated heterocycles. The minimum atomic E-state index is -0.660. The maximum absolute atomic E-state index is 12.5. The molecule has 0 aliphatic rings. The molecule has 1 amide bonds. The van der Waals surface area contributed by atoms with Crippen molar-refractivity contribution in [2.45, 2.75) is 6.61 Å². The Balaban J connectivity index is 1.78. The van der Waals surface area contributed by atoms with Crippen molar-refractivity contribution >= 4 is 75.7 Å². The van der Waals surface area contributed by atoms with Gasteiger partial charge in [0.2, 0.25) is 0 Å². The van der Waals surface area contributed by atoms with Crippen molar-refractivity contribution in [2.24, 2.45) is 0 Å². The number of amides is 1. The highest BCUT2D eigenvalue weighted by Crippen LogP contribution is 2.35. The molecule has 3 aromatic carbocycles. The van der Waals surface area contributed by atoms with Crippen molar-refractivity contribution in [2.75, 3.05) is 5.32 Å². The summed E-state index contributed by atoms with van der Waals surface area (Å²) in [4.78, 5) is 12.5. The van der Waals surface area contributed by atoms with E-state index in [1.165, 1.54) is 18.2 Å². The van der Waals surface area contributed by atoms with Gasteiger partial charge in [-0.25, -0.2) is 0 Å². The molecule has 0 aromatic heterocycles. The molecule has 0 fully saturated rings. The summed E-state index contributed by atoms with van der Waals surface area (Å²) in [6.07, 6.45) is 1.36. The summed E-state index contributed by atoms with van der Waals surface area (Å²) in [6, 6.07) is 16.7. The first-order valence-corrected chi connectivity index (χ1v) is 10.9. The lowest BCUT2D eigenvalue weighted by Crippen LogP contribution is -2.13. The monoisotopic (exact) mass is 524 g/mol. The van der Waals surface area contributed by atoms with Crippen molar-refractivity contribution < 1.29 is 9.53 Å². The zero-order valence-electron chi connectivity index (χ0n) is 16.1. The van der Waals surface area contributed by atoms with Crippen molar-refractivity contribution in [3.05, 3.63) is 96.4 Å². The van der Waals surface area contributed by atoms with Crippen LogP contribution in [0.1, 0.15) is 11.1 Å². The third kappa shape index (κ3) is 6.32. The van der Waals surface area contributed by atoms with Gasteiger partial charge in [-0.2, -0.15) is 5.26 Å². The molecule has 162 valence electrons. The van der Waals surface area contributed by atoms with E-state index in [-0.39, 0.29) is 38.7 Å². The van der Waals surface area contributed by atoms with Gasteiger partial charge in [0.05, 0.1) is 20.8 Å². The SMILES string of the molecule is N#C/C(=C\c1cc(Cl)c(OCc2ccc(Cl)cc2)c(Cl)c1)C(=O)Nc1cc(Cl)ccc1Cl. The molecular formula is C23H13Cl5N2O2. The van der Waals surface area contributed by atoms with E-state index in [1.54, 1.807) is 30.3 Å². The van der Waals surface area contributed by atoms with Gasteiger partial charge in [0, 0.05) is 10.0 Å². The van der Waals surface area contributed by atoms with Crippen LogP contribution in [-0.4, -0.2) is 5.91 Å². The number of hydrogen-bond donors (Lipinski definition) is 1. The van der Waals surface area contributed by atoms with E-state index in [0.717, 1.165) is 5.56 Å². The van der Waals surface area contributed by atoms with Gasteiger partial charge in [-0.05, 0) is 59.7 Å². The lowest BCUT2D eigenvalue weighted by atomic mass is 10.1. The average Bonchev–Trinajstić information content (AvgIpc) is 2.75. The highest BCUT2D eigenvalue weighted by Gasteiger charge is 2.14. The van der Waals surface area contributed by atoms with Crippen LogP contribution in [0.5, 0.6) is 5.75 Å². The molecule has 0 heterocycles. The lowest BCUT2D eigenvalue weighted by Gasteiger charge is -2.11. The fourth-order valence-electron chi connectivity index (χ4n) is 2.64. The quantitative estimate of drug-likeness (QED) is 0.261. The van der Waals surface area contributed by atoms with Crippen LogP contribution in [-0.2, 0) is 11.4 Å². The van der Waals surface area contributed by atoms with E-state index >= 15 is 0 Å². The van der Waals surface area contributed by atoms with Crippen molar-refractivity contribution in [3.63, 3.8) is 0 Å². The number of carbonyl (C=O) groups excluding carboxylic acids is 1. The Kier molecular flexibility index (Phi) is 8.31. The number of nitrogens with zero attached hydrogens (tertiary/aromatic N) is 1. The molecule has 0 aliphatic carbocycles. The first-order chi connectivity index (χ1) is 15.3. The maximum Gasteiger partial charge on any atom is 0.266 e. The zero-order chi connectivity index (χ0) is 23.3. The van der Waals surface area contributed by atoms with Gasteiger partial charge in [-0.1, -0.05) is 70.1 Å². The number of nitriles is 1. The summed E-state index contributed by atoms with van der Waals surface area (Å²) in [5.41, 5.74) is 1.44. The fourth-order valence-corrected chi connectivity index (χ4v) is 3.71. The Morgan fingerprint density at radius 1 is 0.906 bits per heavy atom. The largest absolute Gasteiger partial charge is 0.486 e. The maximum atomic E-state index is 12.5. The molecule has 0 unspecified atom stereocenters. The molecule has 0 radical (unpaired) electrons. The van der Waals surface area contributed by atoms with E-state index < -0.39 is 5.91 Å². The second-order valence-corrected chi connectivity index (χ2v) is 8.57. The van der Waals surface area contributed by atoms with Crippen molar-refractivity contribution in [3.8, 4) is 11.8 Å². The Bertz CT molecular complexity index is 1210. The molecule has 4 nitrogen and oxygen atoms in total. The number of rotatable bonds is 6. The highest BCUT2D eigenvalue weighted by atomic mass is 35.5. The molecule has 0 bridgehead atoms. The standard InChI is InChI=1S/C23H13Cl5N2O2/c24-16-3-1-13(2-4-16)12-32-22-19(27)8-14(9-20(22)28)7-15(11-29)23(31)30-21-10-17(25)5-6-18(21)26/h1-10H,12H2,(H,30,31)/b15-7+. The first kappa shape index (κ1) is 24.3. The molecule has 0 spiro atoms. The Labute approximate surface area is 209 Å². The van der Waals surface area contributed by atoms with Crippen LogP contribution in [0.25, 0.3) is 6.08 Å². The van der Waals surface area contributed by atoms with E-state index in [1.807, 2.05) is 18.2 Å². The van der Waals surface area contributed by atoms with Crippen LogP contribution in [0.4, 0.5) is 5.69 Å². The van der Waals surface area contributed by atoms with Gasteiger partial charge < -0.3 is 10.1 Å². The number of ether oxygens (including phenoxy) is 1. The van der Waals surface area contributed by atoms with Crippen LogP contribution in [0, 0.1) is 11.3 Å². The van der Waals surface area contributed by atoms with E-state index in [2.05, 4.69) is 5.32 Å². The molecular weight excluding hydrogens is 514 g/mol. The average molecular weight is 527 g/mol. The molecule has 3 aromatic rings. The van der Waals surface area contributed by atoms with Crippen LogP contribution >= 0.6 is 58.0 Å². The Hall–Kier alpha value is -2.39. The topological polar surface area (TPSA) is 62.1 Å². The summed E-state index contributed by atoms with van der Waals surface area (Å²) in [5, 5.41) is 13.8. The van der Waals surface area contributed by atoms with Gasteiger partial charge in [-0.3, -0.25) is 4.79 Å². The summed E-state index contributed by atoms with van der Waals surface area (Å²) in [5.74, 6) is -0.374. The van der Waals surface area contributed by atoms with E-state index in [4.69, 9.17) is 62.7 Å². The fraction of sp³-hybridized carbons (Fsp3) is 0.0435. The van der Waals surface area contributed by atoms with Crippen molar-refractivity contribution in [1.29, 1.82) is 5.26 Å². The number of anilines is 1. The van der Waals surface area contributed by atoms with Gasteiger partial charge >= 0.3 is 0 Å². The van der Waals surface area contributed by atoms with Crippen LogP contribution in [0.15, 0.2) is 60.2 Å². The van der Waals surface area contributed by atoms with E-state index in [0.29, 0.717) is 15.6 Å². The number of nitrogens with one attached hydrogen (secondary N) is 1. The van der Waals surface area contributed by atoms with Gasteiger partial charge in [0.15, 0.2) is 5.75 Å². The normalized spacial score (nSPS) is 11.1. The second-order valence-electron chi connectivity index (χ2n) is 6.48. The van der Waals surface area contributed by atoms with Gasteiger partial charge in [-0.15, -0.1) is 0 Å². The molecule has 9 heteroatoms. The van der Waals surface area contributed by atoms with Gasteiger partial charge in [0.1, 0.15) is 18.2 Å². The molecule has 3 rings (SSSR count). The Morgan fingerprint density at radius 2 is 1.53 bits per heavy atom. The molecule has 0 aliphatic heterocycles. The van der Waals surface area contributed by atoms with E-state index in [9.17, 15) is 10.1 Å². The van der Waals surface area contributed by atoms with Crippen LogP contribution in [0.2, 0.25) is 25.1 Å². The molecule has 32 heavy (non-hydrogen) atoms. The Morgan fingerprint density at radius 3 is 2.16 bits per heavy atom. The molecule has 1 N–H and O–H groups in total. The van der Waals surface area contributed by atoms with Crippen molar-refractivity contribution in [1.82, 2.24) is 0 Å². The third-order valence-electron chi connectivity index (χ3n) is 4.17. The summed E-state index contributed by atoms with van der Waals surface area (Å²) >= 11 is 30.5. The number of benzene rings is 3. The summed E-state index contributed by atoms with van der Waals surface area (Å²) in [7, 11) is 0. The second kappa shape index (κ2) is 11.0. The van der Waals surface area contributed by atoms with Gasteiger partial charge in [0.25, 0.3) is 5.91 Å². The lowest BCUT2D eigenvalue weighted by molar-refractivity contribution is -0.112. The summed E-state index contributed by atoms with van der Waals surface area (Å²) < 4.78 is 5.73. The smallest absolute Gasteiger partial charge is 0.266 e. The minimum absolute atomic E-state index is 0.178. The van der Waals surface area contributed by atoms with Crippen LogP contribution < -0.4 is 10.1 Å². The number of halogens is 5. The zero-order valence-corrected chi connectivity index (χ0v) is 19.9. The predicted octanol–water partition coefficient (Wildman–Crippen LogP) is 8.08.